The van der Waals surface area contributed by atoms with E-state index in [2.05, 4.69) is 16.6 Å². The fraction of sp³-hybridized carbons (Fsp3) is 0.308. The van der Waals surface area contributed by atoms with E-state index >= 15 is 0 Å². The molecule has 0 radical (unpaired) electrons. The quantitative estimate of drug-likeness (QED) is 0.543. The Kier molecular flexibility index (Phi) is 4.43. The van der Waals surface area contributed by atoms with Gasteiger partial charge in [-0.15, -0.1) is 0 Å². The van der Waals surface area contributed by atoms with Gasteiger partial charge in [-0.1, -0.05) is 37.0 Å². The number of benzene rings is 1. The number of rotatable bonds is 2. The molecular weight excluding hydrogens is 188 g/mol. The Morgan fingerprint density at radius 1 is 1.40 bits per heavy atom. The maximum absolute atomic E-state index is 11.1. The lowest BCUT2D eigenvalue weighted by Gasteiger charge is -2.02. The van der Waals surface area contributed by atoms with E-state index in [1.165, 1.54) is 7.11 Å². The Morgan fingerprint density at radius 3 is 2.67 bits per heavy atom. The van der Waals surface area contributed by atoms with Crippen LogP contribution in [0.5, 0.6) is 0 Å². The van der Waals surface area contributed by atoms with Crippen LogP contribution < -0.4 is 0 Å². The molecular formula is C13H14O2. The molecule has 0 amide bonds. The predicted octanol–water partition coefficient (Wildman–Crippen LogP) is 2.24. The van der Waals surface area contributed by atoms with E-state index in [1.54, 1.807) is 0 Å². The zero-order valence-corrected chi connectivity index (χ0v) is 8.99. The summed E-state index contributed by atoms with van der Waals surface area (Å²) in [4.78, 5) is 11.1. The highest BCUT2D eigenvalue weighted by atomic mass is 16.5. The molecule has 1 unspecified atom stereocenters. The number of carbonyl (C=O) groups is 1. The van der Waals surface area contributed by atoms with Crippen LogP contribution in [-0.2, 0) is 9.53 Å². The molecule has 1 aromatic rings. The third-order valence-electron chi connectivity index (χ3n) is 2.02. The van der Waals surface area contributed by atoms with Crippen LogP contribution in [0.1, 0.15) is 18.9 Å². The monoisotopic (exact) mass is 202 g/mol. The molecule has 15 heavy (non-hydrogen) atoms. The van der Waals surface area contributed by atoms with Crippen LogP contribution in [0.2, 0.25) is 0 Å². The third-order valence-corrected chi connectivity index (χ3v) is 2.02. The second-order valence-electron chi connectivity index (χ2n) is 3.30. The van der Waals surface area contributed by atoms with E-state index < -0.39 is 0 Å². The van der Waals surface area contributed by atoms with Crippen LogP contribution in [0.4, 0.5) is 0 Å². The molecule has 0 saturated carbocycles. The molecule has 1 rings (SSSR count). The van der Waals surface area contributed by atoms with Gasteiger partial charge in [0.15, 0.2) is 0 Å². The Morgan fingerprint density at radius 2 is 2.07 bits per heavy atom. The average Bonchev–Trinajstić information content (AvgIpc) is 2.29. The van der Waals surface area contributed by atoms with Gasteiger partial charge in [0.25, 0.3) is 0 Å². The predicted molar refractivity (Wildman–Crippen MR) is 59.1 cm³/mol. The number of hydrogen-bond donors (Lipinski definition) is 0. The summed E-state index contributed by atoms with van der Waals surface area (Å²) in [5.41, 5.74) is 0.967. The normalized spacial score (nSPS) is 11.1. The standard InChI is InChI=1S/C13H14O2/c1-11(13(14)15-2)7-6-10-12-8-4-3-5-9-12/h3-5,8-9,11H,7H2,1-2H3. The molecule has 0 fully saturated rings. The zero-order valence-electron chi connectivity index (χ0n) is 8.99. The van der Waals surface area contributed by atoms with Crippen LogP contribution in [0, 0.1) is 17.8 Å². The topological polar surface area (TPSA) is 26.3 Å². The van der Waals surface area contributed by atoms with Gasteiger partial charge in [0, 0.05) is 12.0 Å². The summed E-state index contributed by atoms with van der Waals surface area (Å²) in [6.45, 7) is 1.81. The highest BCUT2D eigenvalue weighted by Crippen LogP contribution is 2.03. The number of methoxy groups -OCH3 is 1. The van der Waals surface area contributed by atoms with Gasteiger partial charge in [0.1, 0.15) is 0 Å². The van der Waals surface area contributed by atoms with Crippen molar-refractivity contribution >= 4 is 5.97 Å². The van der Waals surface area contributed by atoms with Crippen molar-refractivity contribution in [3.8, 4) is 11.8 Å². The molecule has 78 valence electrons. The molecule has 1 atom stereocenters. The first-order chi connectivity index (χ1) is 7.24. The first-order valence-electron chi connectivity index (χ1n) is 4.86. The fourth-order valence-electron chi connectivity index (χ4n) is 1.11. The second kappa shape index (κ2) is 5.87. The minimum atomic E-state index is -0.211. The maximum Gasteiger partial charge on any atom is 0.309 e. The summed E-state index contributed by atoms with van der Waals surface area (Å²) >= 11 is 0. The Bertz CT molecular complexity index is 371. The highest BCUT2D eigenvalue weighted by Gasteiger charge is 2.10. The molecule has 0 aliphatic carbocycles. The SMILES string of the molecule is COC(=O)C(C)CC#Cc1ccccc1. The summed E-state index contributed by atoms with van der Waals surface area (Å²) in [5, 5.41) is 0. The molecule has 0 heterocycles. The summed E-state index contributed by atoms with van der Waals surface area (Å²) in [5.74, 6) is 5.59. The molecule has 1 aromatic carbocycles. The molecule has 0 aliphatic heterocycles. The minimum absolute atomic E-state index is 0.161. The lowest BCUT2D eigenvalue weighted by atomic mass is 10.1. The molecule has 0 saturated heterocycles. The van der Waals surface area contributed by atoms with Crippen molar-refractivity contribution in [3.05, 3.63) is 35.9 Å². The number of esters is 1. The Hall–Kier alpha value is -1.75. The van der Waals surface area contributed by atoms with Gasteiger partial charge in [0.2, 0.25) is 0 Å². The van der Waals surface area contributed by atoms with Crippen LogP contribution in [0.15, 0.2) is 30.3 Å². The summed E-state index contributed by atoms with van der Waals surface area (Å²) in [7, 11) is 1.39. The van der Waals surface area contributed by atoms with Crippen molar-refractivity contribution in [2.24, 2.45) is 5.92 Å². The van der Waals surface area contributed by atoms with Gasteiger partial charge in [-0.05, 0) is 12.1 Å². The van der Waals surface area contributed by atoms with E-state index in [4.69, 9.17) is 0 Å². The molecule has 0 N–H and O–H groups in total. The van der Waals surface area contributed by atoms with Gasteiger partial charge < -0.3 is 4.74 Å². The van der Waals surface area contributed by atoms with E-state index in [1.807, 2.05) is 37.3 Å². The van der Waals surface area contributed by atoms with Crippen LogP contribution in [0.3, 0.4) is 0 Å². The summed E-state index contributed by atoms with van der Waals surface area (Å²) in [6, 6.07) is 9.70. The number of ether oxygens (including phenoxy) is 1. The van der Waals surface area contributed by atoms with Crippen molar-refractivity contribution in [3.63, 3.8) is 0 Å². The van der Waals surface area contributed by atoms with E-state index in [-0.39, 0.29) is 11.9 Å². The second-order valence-corrected chi connectivity index (χ2v) is 3.30. The van der Waals surface area contributed by atoms with Crippen LogP contribution in [0.25, 0.3) is 0 Å². The van der Waals surface area contributed by atoms with Crippen molar-refractivity contribution < 1.29 is 9.53 Å². The largest absolute Gasteiger partial charge is 0.469 e. The number of carbonyl (C=O) groups excluding carboxylic acids is 1. The van der Waals surface area contributed by atoms with Gasteiger partial charge in [0.05, 0.1) is 13.0 Å². The van der Waals surface area contributed by atoms with E-state index in [0.717, 1.165) is 5.56 Å². The number of hydrogen-bond acceptors (Lipinski definition) is 2. The van der Waals surface area contributed by atoms with Crippen LogP contribution >= 0.6 is 0 Å². The molecule has 0 bridgehead atoms. The maximum atomic E-state index is 11.1. The molecule has 0 aliphatic rings. The van der Waals surface area contributed by atoms with Crippen molar-refractivity contribution in [2.75, 3.05) is 7.11 Å². The van der Waals surface area contributed by atoms with Crippen molar-refractivity contribution in [2.45, 2.75) is 13.3 Å². The van der Waals surface area contributed by atoms with Gasteiger partial charge >= 0.3 is 5.97 Å². The van der Waals surface area contributed by atoms with Gasteiger partial charge in [-0.3, -0.25) is 4.79 Å². The first-order valence-corrected chi connectivity index (χ1v) is 4.86. The smallest absolute Gasteiger partial charge is 0.309 e. The summed E-state index contributed by atoms with van der Waals surface area (Å²) in [6.07, 6.45) is 0.529. The van der Waals surface area contributed by atoms with E-state index in [0.29, 0.717) is 6.42 Å². The van der Waals surface area contributed by atoms with Crippen molar-refractivity contribution in [1.29, 1.82) is 0 Å². The minimum Gasteiger partial charge on any atom is -0.469 e. The van der Waals surface area contributed by atoms with Gasteiger partial charge in [-0.2, -0.15) is 0 Å². The highest BCUT2D eigenvalue weighted by molar-refractivity contribution is 5.72. The molecule has 0 aromatic heterocycles. The van der Waals surface area contributed by atoms with Gasteiger partial charge in [-0.25, -0.2) is 0 Å². The average molecular weight is 202 g/mol. The van der Waals surface area contributed by atoms with Crippen molar-refractivity contribution in [1.82, 2.24) is 0 Å². The zero-order chi connectivity index (χ0) is 11.1. The third kappa shape index (κ3) is 3.86. The lowest BCUT2D eigenvalue weighted by Crippen LogP contribution is -2.11. The first kappa shape index (κ1) is 11.3. The molecule has 0 spiro atoms. The summed E-state index contributed by atoms with van der Waals surface area (Å²) < 4.78 is 4.61. The van der Waals surface area contributed by atoms with E-state index in [9.17, 15) is 4.79 Å². The lowest BCUT2D eigenvalue weighted by molar-refractivity contribution is -0.144. The Balaban J connectivity index is 2.50. The molecule has 2 heteroatoms. The molecule has 2 nitrogen and oxygen atoms in total. The van der Waals surface area contributed by atoms with Crippen LogP contribution in [-0.4, -0.2) is 13.1 Å². The fourth-order valence-corrected chi connectivity index (χ4v) is 1.11. The Labute approximate surface area is 90.3 Å².